The number of fused-ring (bicyclic) bond motifs is 1. The SMILES string of the molecule is COc1cc2c(cc1CNC1(C)CCOC1)OC(C)C2. The van der Waals surface area contributed by atoms with Crippen LogP contribution in [0, 0.1) is 0 Å². The van der Waals surface area contributed by atoms with Gasteiger partial charge in [-0.1, -0.05) is 0 Å². The summed E-state index contributed by atoms with van der Waals surface area (Å²) in [5, 5.41) is 3.59. The lowest BCUT2D eigenvalue weighted by atomic mass is 10.0. The van der Waals surface area contributed by atoms with Crippen molar-refractivity contribution in [3.05, 3.63) is 23.3 Å². The van der Waals surface area contributed by atoms with E-state index in [0.29, 0.717) is 0 Å². The third-order valence-corrected chi connectivity index (χ3v) is 4.22. The Bertz CT molecular complexity index is 495. The molecule has 0 radical (unpaired) electrons. The molecule has 0 amide bonds. The van der Waals surface area contributed by atoms with Gasteiger partial charge in [-0.05, 0) is 32.4 Å². The van der Waals surface area contributed by atoms with Gasteiger partial charge >= 0.3 is 0 Å². The molecule has 20 heavy (non-hydrogen) atoms. The van der Waals surface area contributed by atoms with E-state index in [1.54, 1.807) is 7.11 Å². The second kappa shape index (κ2) is 5.26. The van der Waals surface area contributed by atoms with Gasteiger partial charge in [-0.2, -0.15) is 0 Å². The quantitative estimate of drug-likeness (QED) is 0.916. The monoisotopic (exact) mass is 277 g/mol. The van der Waals surface area contributed by atoms with Crippen LogP contribution in [0.4, 0.5) is 0 Å². The van der Waals surface area contributed by atoms with E-state index in [1.165, 1.54) is 5.56 Å². The van der Waals surface area contributed by atoms with Crippen molar-refractivity contribution in [3.63, 3.8) is 0 Å². The molecule has 4 heteroatoms. The molecule has 0 aromatic heterocycles. The van der Waals surface area contributed by atoms with E-state index in [2.05, 4.69) is 31.3 Å². The molecule has 4 nitrogen and oxygen atoms in total. The molecule has 0 bridgehead atoms. The van der Waals surface area contributed by atoms with Crippen molar-refractivity contribution in [1.29, 1.82) is 0 Å². The summed E-state index contributed by atoms with van der Waals surface area (Å²) in [6.07, 6.45) is 2.28. The van der Waals surface area contributed by atoms with Crippen LogP contribution in [-0.2, 0) is 17.7 Å². The molecule has 3 rings (SSSR count). The maximum atomic E-state index is 5.84. The van der Waals surface area contributed by atoms with Gasteiger partial charge in [-0.25, -0.2) is 0 Å². The van der Waals surface area contributed by atoms with Crippen molar-refractivity contribution in [3.8, 4) is 11.5 Å². The third-order valence-electron chi connectivity index (χ3n) is 4.22. The molecule has 1 fully saturated rings. The fourth-order valence-corrected chi connectivity index (χ4v) is 2.92. The number of methoxy groups -OCH3 is 1. The number of hydrogen-bond acceptors (Lipinski definition) is 4. The highest BCUT2D eigenvalue weighted by Crippen LogP contribution is 2.35. The minimum Gasteiger partial charge on any atom is -0.496 e. The normalized spacial score (nSPS) is 28.2. The highest BCUT2D eigenvalue weighted by atomic mass is 16.5. The molecule has 2 aliphatic heterocycles. The molecule has 2 heterocycles. The van der Waals surface area contributed by atoms with Crippen molar-refractivity contribution < 1.29 is 14.2 Å². The van der Waals surface area contributed by atoms with Crippen molar-refractivity contribution in [1.82, 2.24) is 5.32 Å². The van der Waals surface area contributed by atoms with E-state index >= 15 is 0 Å². The summed E-state index contributed by atoms with van der Waals surface area (Å²) in [7, 11) is 1.73. The number of nitrogens with one attached hydrogen (secondary N) is 1. The van der Waals surface area contributed by atoms with Crippen LogP contribution in [0.1, 0.15) is 31.4 Å². The fraction of sp³-hybridized carbons (Fsp3) is 0.625. The number of rotatable bonds is 4. The Morgan fingerprint density at radius 2 is 2.30 bits per heavy atom. The van der Waals surface area contributed by atoms with E-state index in [9.17, 15) is 0 Å². The summed E-state index contributed by atoms with van der Waals surface area (Å²) in [6.45, 7) is 6.69. The second-order valence-electron chi connectivity index (χ2n) is 6.12. The molecular formula is C16H23NO3. The number of hydrogen-bond donors (Lipinski definition) is 1. The Balaban J connectivity index is 1.77. The molecule has 0 saturated carbocycles. The van der Waals surface area contributed by atoms with Gasteiger partial charge in [-0.15, -0.1) is 0 Å². The van der Waals surface area contributed by atoms with E-state index in [-0.39, 0.29) is 11.6 Å². The maximum Gasteiger partial charge on any atom is 0.123 e. The Hall–Kier alpha value is -1.26. The topological polar surface area (TPSA) is 39.7 Å². The summed E-state index contributed by atoms with van der Waals surface area (Å²) >= 11 is 0. The Morgan fingerprint density at radius 1 is 1.45 bits per heavy atom. The minimum atomic E-state index is 0.0676. The van der Waals surface area contributed by atoms with Crippen LogP contribution in [-0.4, -0.2) is 32.0 Å². The average Bonchev–Trinajstić information content (AvgIpc) is 3.00. The maximum absolute atomic E-state index is 5.84. The summed E-state index contributed by atoms with van der Waals surface area (Å²) in [4.78, 5) is 0. The lowest BCUT2D eigenvalue weighted by molar-refractivity contribution is 0.171. The highest BCUT2D eigenvalue weighted by molar-refractivity contribution is 5.48. The number of benzene rings is 1. The van der Waals surface area contributed by atoms with Crippen molar-refractivity contribution in [2.75, 3.05) is 20.3 Å². The molecule has 110 valence electrons. The molecular weight excluding hydrogens is 254 g/mol. The fourth-order valence-electron chi connectivity index (χ4n) is 2.92. The van der Waals surface area contributed by atoms with Gasteiger partial charge < -0.3 is 19.5 Å². The van der Waals surface area contributed by atoms with E-state index in [0.717, 1.165) is 49.7 Å². The Kier molecular flexibility index (Phi) is 3.61. The Labute approximate surface area is 120 Å². The predicted octanol–water partition coefficient (Wildman–Crippen LogP) is 2.29. The van der Waals surface area contributed by atoms with Gasteiger partial charge in [0.15, 0.2) is 0 Å². The summed E-state index contributed by atoms with van der Waals surface area (Å²) in [6, 6.07) is 4.23. The zero-order valence-electron chi connectivity index (χ0n) is 12.5. The standard InChI is InChI=1S/C16H23NO3/c1-11-6-12-7-14(18-3)13(8-15(12)20-11)9-17-16(2)4-5-19-10-16/h7-8,11,17H,4-6,9-10H2,1-3H3. The van der Waals surface area contributed by atoms with Crippen LogP contribution < -0.4 is 14.8 Å². The molecule has 2 aliphatic rings. The Morgan fingerprint density at radius 3 is 3.00 bits per heavy atom. The molecule has 1 saturated heterocycles. The first kappa shape index (κ1) is 13.7. The smallest absolute Gasteiger partial charge is 0.123 e. The van der Waals surface area contributed by atoms with Crippen LogP contribution >= 0.6 is 0 Å². The molecule has 0 aliphatic carbocycles. The van der Waals surface area contributed by atoms with Crippen molar-refractivity contribution >= 4 is 0 Å². The van der Waals surface area contributed by atoms with Crippen LogP contribution in [0.2, 0.25) is 0 Å². The number of ether oxygens (including phenoxy) is 3. The van der Waals surface area contributed by atoms with Gasteiger partial charge in [0.05, 0.1) is 13.7 Å². The molecule has 0 spiro atoms. The molecule has 1 N–H and O–H groups in total. The van der Waals surface area contributed by atoms with Gasteiger partial charge in [0.1, 0.15) is 17.6 Å². The predicted molar refractivity (Wildman–Crippen MR) is 77.5 cm³/mol. The second-order valence-corrected chi connectivity index (χ2v) is 6.12. The summed E-state index contributed by atoms with van der Waals surface area (Å²) in [5.41, 5.74) is 2.46. The summed E-state index contributed by atoms with van der Waals surface area (Å²) in [5.74, 6) is 1.94. The zero-order valence-corrected chi connectivity index (χ0v) is 12.5. The molecule has 2 atom stereocenters. The van der Waals surface area contributed by atoms with Gasteiger partial charge in [0.2, 0.25) is 0 Å². The average molecular weight is 277 g/mol. The zero-order chi connectivity index (χ0) is 14.2. The van der Waals surface area contributed by atoms with Gasteiger partial charge in [0.25, 0.3) is 0 Å². The van der Waals surface area contributed by atoms with Crippen LogP contribution in [0.25, 0.3) is 0 Å². The van der Waals surface area contributed by atoms with E-state index in [4.69, 9.17) is 14.2 Å². The van der Waals surface area contributed by atoms with Crippen molar-refractivity contribution in [2.24, 2.45) is 0 Å². The van der Waals surface area contributed by atoms with E-state index < -0.39 is 0 Å². The molecule has 1 aromatic carbocycles. The lowest BCUT2D eigenvalue weighted by Gasteiger charge is -2.24. The summed E-state index contributed by atoms with van der Waals surface area (Å²) < 4.78 is 16.8. The van der Waals surface area contributed by atoms with Crippen LogP contribution in [0.15, 0.2) is 12.1 Å². The largest absolute Gasteiger partial charge is 0.496 e. The minimum absolute atomic E-state index is 0.0676. The highest BCUT2D eigenvalue weighted by Gasteiger charge is 2.29. The molecule has 1 aromatic rings. The van der Waals surface area contributed by atoms with Crippen LogP contribution in [0.5, 0.6) is 11.5 Å². The third kappa shape index (κ3) is 2.63. The molecule has 2 unspecified atom stereocenters. The first-order valence-corrected chi connectivity index (χ1v) is 7.29. The van der Waals surface area contributed by atoms with Crippen LogP contribution in [0.3, 0.4) is 0 Å². The lowest BCUT2D eigenvalue weighted by Crippen LogP contribution is -2.42. The van der Waals surface area contributed by atoms with Gasteiger partial charge in [-0.3, -0.25) is 0 Å². The van der Waals surface area contributed by atoms with Crippen molar-refractivity contribution in [2.45, 2.75) is 44.9 Å². The van der Waals surface area contributed by atoms with Gasteiger partial charge in [0, 0.05) is 36.2 Å². The first-order chi connectivity index (χ1) is 9.59. The van der Waals surface area contributed by atoms with E-state index in [1.807, 2.05) is 0 Å². The first-order valence-electron chi connectivity index (χ1n) is 7.29.